The molecule has 0 atom stereocenters. The number of nitrogens with zero attached hydrogens (tertiary/aromatic N) is 1. The van der Waals surface area contributed by atoms with Crippen LogP contribution in [0.2, 0.25) is 0 Å². The Morgan fingerprint density at radius 2 is 2.14 bits per heavy atom. The number of H-pyrrole nitrogens is 1. The topological polar surface area (TPSA) is 28.7 Å². The van der Waals surface area contributed by atoms with Gasteiger partial charge in [-0.1, -0.05) is 26.3 Å². The number of imidazole rings is 1. The van der Waals surface area contributed by atoms with Crippen molar-refractivity contribution in [3.8, 4) is 0 Å². The van der Waals surface area contributed by atoms with Crippen LogP contribution in [0.3, 0.4) is 0 Å². The Morgan fingerprint density at radius 1 is 1.29 bits per heavy atom. The van der Waals surface area contributed by atoms with E-state index in [2.05, 4.69) is 42.0 Å². The number of fused-ring (bicyclic) bond motifs is 1. The summed E-state index contributed by atoms with van der Waals surface area (Å²) in [5.41, 5.74) is 3.65. The van der Waals surface area contributed by atoms with E-state index < -0.39 is 0 Å². The fourth-order valence-corrected chi connectivity index (χ4v) is 1.72. The van der Waals surface area contributed by atoms with E-state index in [4.69, 9.17) is 0 Å². The molecule has 1 N–H and O–H groups in total. The van der Waals surface area contributed by atoms with Gasteiger partial charge in [0.1, 0.15) is 5.82 Å². The SMILES string of the molecule is CCCc1ccc2nc(CC)[nH]c2c1. The van der Waals surface area contributed by atoms with E-state index in [0.29, 0.717) is 0 Å². The highest BCUT2D eigenvalue weighted by Gasteiger charge is 2.01. The number of nitrogens with one attached hydrogen (secondary N) is 1. The lowest BCUT2D eigenvalue weighted by Gasteiger charge is -1.96. The summed E-state index contributed by atoms with van der Waals surface area (Å²) in [6, 6.07) is 6.49. The molecule has 0 saturated carbocycles. The zero-order valence-corrected chi connectivity index (χ0v) is 8.80. The van der Waals surface area contributed by atoms with E-state index in [0.717, 1.165) is 24.2 Å². The first-order valence-electron chi connectivity index (χ1n) is 5.31. The Hall–Kier alpha value is -1.31. The lowest BCUT2D eigenvalue weighted by Crippen LogP contribution is -1.82. The molecule has 1 aromatic carbocycles. The molecular formula is C12H16N2. The van der Waals surface area contributed by atoms with Crippen LogP contribution in [0.5, 0.6) is 0 Å². The summed E-state index contributed by atoms with van der Waals surface area (Å²) in [6.07, 6.45) is 3.31. The summed E-state index contributed by atoms with van der Waals surface area (Å²) in [5, 5.41) is 0. The van der Waals surface area contributed by atoms with Gasteiger partial charge in [0, 0.05) is 6.42 Å². The van der Waals surface area contributed by atoms with E-state index in [1.807, 2.05) is 0 Å². The average molecular weight is 188 g/mol. The molecule has 1 aromatic heterocycles. The summed E-state index contributed by atoms with van der Waals surface area (Å²) in [5.74, 6) is 1.08. The molecule has 0 aliphatic heterocycles. The molecule has 74 valence electrons. The van der Waals surface area contributed by atoms with Crippen molar-refractivity contribution in [2.45, 2.75) is 33.1 Å². The third-order valence-electron chi connectivity index (χ3n) is 2.47. The molecule has 14 heavy (non-hydrogen) atoms. The van der Waals surface area contributed by atoms with Gasteiger partial charge in [0.05, 0.1) is 11.0 Å². The number of hydrogen-bond acceptors (Lipinski definition) is 1. The molecule has 1 heterocycles. The zero-order chi connectivity index (χ0) is 9.97. The molecule has 0 amide bonds. The largest absolute Gasteiger partial charge is 0.342 e. The van der Waals surface area contributed by atoms with E-state index in [9.17, 15) is 0 Å². The Morgan fingerprint density at radius 3 is 2.86 bits per heavy atom. The number of aromatic amines is 1. The highest BCUT2D eigenvalue weighted by molar-refractivity contribution is 5.75. The van der Waals surface area contributed by atoms with Gasteiger partial charge in [-0.25, -0.2) is 4.98 Å². The molecule has 2 rings (SSSR count). The van der Waals surface area contributed by atoms with Gasteiger partial charge in [0.2, 0.25) is 0 Å². The molecule has 0 aliphatic rings. The maximum Gasteiger partial charge on any atom is 0.106 e. The predicted molar refractivity (Wildman–Crippen MR) is 59.5 cm³/mol. The van der Waals surface area contributed by atoms with E-state index in [1.165, 1.54) is 17.5 Å². The first kappa shape index (κ1) is 9.25. The van der Waals surface area contributed by atoms with Crippen molar-refractivity contribution in [1.29, 1.82) is 0 Å². The molecule has 0 spiro atoms. The quantitative estimate of drug-likeness (QED) is 0.787. The van der Waals surface area contributed by atoms with Crippen molar-refractivity contribution in [2.75, 3.05) is 0 Å². The van der Waals surface area contributed by atoms with Crippen LogP contribution in [0.15, 0.2) is 18.2 Å². The molecule has 2 nitrogen and oxygen atoms in total. The van der Waals surface area contributed by atoms with Gasteiger partial charge in [-0.15, -0.1) is 0 Å². The maximum atomic E-state index is 4.48. The predicted octanol–water partition coefficient (Wildman–Crippen LogP) is 3.08. The average Bonchev–Trinajstić information content (AvgIpc) is 2.60. The Kier molecular flexibility index (Phi) is 2.53. The van der Waals surface area contributed by atoms with Crippen LogP contribution in [0, 0.1) is 0 Å². The van der Waals surface area contributed by atoms with Crippen LogP contribution >= 0.6 is 0 Å². The van der Waals surface area contributed by atoms with E-state index >= 15 is 0 Å². The van der Waals surface area contributed by atoms with Crippen LogP contribution in [0.4, 0.5) is 0 Å². The smallest absolute Gasteiger partial charge is 0.106 e. The zero-order valence-electron chi connectivity index (χ0n) is 8.80. The standard InChI is InChI=1S/C12H16N2/c1-3-5-9-6-7-10-11(8-9)14-12(4-2)13-10/h6-8H,3-5H2,1-2H3,(H,13,14). The molecular weight excluding hydrogens is 172 g/mol. The summed E-state index contributed by atoms with van der Waals surface area (Å²) in [7, 11) is 0. The summed E-state index contributed by atoms with van der Waals surface area (Å²) >= 11 is 0. The minimum absolute atomic E-state index is 0.970. The molecule has 2 aromatic rings. The lowest BCUT2D eigenvalue weighted by molar-refractivity contribution is 0.923. The molecule has 0 radical (unpaired) electrons. The van der Waals surface area contributed by atoms with Crippen molar-refractivity contribution < 1.29 is 0 Å². The lowest BCUT2D eigenvalue weighted by atomic mass is 10.1. The summed E-state index contributed by atoms with van der Waals surface area (Å²) in [6.45, 7) is 4.32. The van der Waals surface area contributed by atoms with Gasteiger partial charge in [0.15, 0.2) is 0 Å². The molecule has 0 saturated heterocycles. The van der Waals surface area contributed by atoms with Gasteiger partial charge in [-0.2, -0.15) is 0 Å². The molecule has 0 unspecified atom stereocenters. The normalized spacial score (nSPS) is 11.0. The number of aryl methyl sites for hydroxylation is 2. The third-order valence-corrected chi connectivity index (χ3v) is 2.47. The number of rotatable bonds is 3. The monoisotopic (exact) mass is 188 g/mol. The minimum atomic E-state index is 0.970. The van der Waals surface area contributed by atoms with Crippen molar-refractivity contribution in [3.05, 3.63) is 29.6 Å². The van der Waals surface area contributed by atoms with E-state index in [1.54, 1.807) is 0 Å². The summed E-state index contributed by atoms with van der Waals surface area (Å²) < 4.78 is 0. The van der Waals surface area contributed by atoms with Crippen LogP contribution in [-0.4, -0.2) is 9.97 Å². The van der Waals surface area contributed by atoms with Gasteiger partial charge in [-0.05, 0) is 24.1 Å². The van der Waals surface area contributed by atoms with Gasteiger partial charge >= 0.3 is 0 Å². The third kappa shape index (κ3) is 1.65. The van der Waals surface area contributed by atoms with Crippen molar-refractivity contribution >= 4 is 11.0 Å². The molecule has 2 heteroatoms. The fraction of sp³-hybridized carbons (Fsp3) is 0.417. The Bertz CT molecular complexity index is 429. The first-order chi connectivity index (χ1) is 6.83. The first-order valence-corrected chi connectivity index (χ1v) is 5.31. The second-order valence-electron chi connectivity index (χ2n) is 3.64. The van der Waals surface area contributed by atoms with Crippen molar-refractivity contribution in [1.82, 2.24) is 9.97 Å². The minimum Gasteiger partial charge on any atom is -0.342 e. The second kappa shape index (κ2) is 3.82. The van der Waals surface area contributed by atoms with E-state index in [-0.39, 0.29) is 0 Å². The molecule has 0 aliphatic carbocycles. The number of aromatic nitrogens is 2. The number of benzene rings is 1. The van der Waals surface area contributed by atoms with Crippen molar-refractivity contribution in [3.63, 3.8) is 0 Å². The Balaban J connectivity index is 2.43. The Labute approximate surface area is 84.4 Å². The highest BCUT2D eigenvalue weighted by atomic mass is 14.9. The van der Waals surface area contributed by atoms with Crippen LogP contribution in [0.1, 0.15) is 31.7 Å². The number of hydrogen-bond donors (Lipinski definition) is 1. The van der Waals surface area contributed by atoms with Crippen LogP contribution < -0.4 is 0 Å². The van der Waals surface area contributed by atoms with Crippen LogP contribution in [-0.2, 0) is 12.8 Å². The van der Waals surface area contributed by atoms with Crippen molar-refractivity contribution in [2.24, 2.45) is 0 Å². The maximum absolute atomic E-state index is 4.48. The summed E-state index contributed by atoms with van der Waals surface area (Å²) in [4.78, 5) is 7.81. The second-order valence-corrected chi connectivity index (χ2v) is 3.64. The van der Waals surface area contributed by atoms with Gasteiger partial charge < -0.3 is 4.98 Å². The van der Waals surface area contributed by atoms with Gasteiger partial charge in [0.25, 0.3) is 0 Å². The van der Waals surface area contributed by atoms with Crippen LogP contribution in [0.25, 0.3) is 11.0 Å². The molecule has 0 bridgehead atoms. The molecule has 0 fully saturated rings. The highest BCUT2D eigenvalue weighted by Crippen LogP contribution is 2.15. The fourth-order valence-electron chi connectivity index (χ4n) is 1.72. The van der Waals surface area contributed by atoms with Gasteiger partial charge in [-0.3, -0.25) is 0 Å².